The molecule has 1 atom stereocenters. The van der Waals surface area contributed by atoms with Gasteiger partial charge in [0.25, 0.3) is 0 Å². The van der Waals surface area contributed by atoms with E-state index in [1.165, 1.54) is 0 Å². The first-order valence-electron chi connectivity index (χ1n) is 6.08. The van der Waals surface area contributed by atoms with Crippen LogP contribution in [0.5, 0.6) is 5.75 Å². The number of ether oxygens (including phenoxy) is 1. The number of para-hydroxylation sites is 1. The Labute approximate surface area is 107 Å². The highest BCUT2D eigenvalue weighted by Gasteiger charge is 2.20. The summed E-state index contributed by atoms with van der Waals surface area (Å²) >= 11 is 6.15. The van der Waals surface area contributed by atoms with Crippen LogP contribution in [0.25, 0.3) is 0 Å². The third-order valence-corrected chi connectivity index (χ3v) is 3.34. The zero-order valence-electron chi connectivity index (χ0n) is 10.2. The highest BCUT2D eigenvalue weighted by Crippen LogP contribution is 2.30. The van der Waals surface area contributed by atoms with Gasteiger partial charge in [-0.15, -0.1) is 0 Å². The first kappa shape index (κ1) is 12.7. The van der Waals surface area contributed by atoms with Crippen LogP contribution in [0, 0.1) is 0 Å². The monoisotopic (exact) mass is 254 g/mol. The fraction of sp³-hybridized carbons (Fsp3) is 0.538. The molecular formula is C13H19ClN2O. The lowest BCUT2D eigenvalue weighted by Crippen LogP contribution is -2.26. The van der Waals surface area contributed by atoms with E-state index in [2.05, 4.69) is 11.0 Å². The molecule has 0 aliphatic carbocycles. The topological polar surface area (TPSA) is 38.5 Å². The van der Waals surface area contributed by atoms with E-state index in [4.69, 9.17) is 22.1 Å². The van der Waals surface area contributed by atoms with Crippen molar-refractivity contribution < 1.29 is 4.74 Å². The van der Waals surface area contributed by atoms with E-state index in [-0.39, 0.29) is 0 Å². The van der Waals surface area contributed by atoms with Gasteiger partial charge in [0.2, 0.25) is 0 Å². The van der Waals surface area contributed by atoms with Crippen molar-refractivity contribution in [2.24, 2.45) is 5.73 Å². The maximum absolute atomic E-state index is 6.15. The Kier molecular flexibility index (Phi) is 4.26. The Bertz CT molecular complexity index is 384. The van der Waals surface area contributed by atoms with E-state index in [0.29, 0.717) is 17.7 Å². The minimum atomic E-state index is 0.310. The van der Waals surface area contributed by atoms with E-state index < -0.39 is 0 Å². The molecule has 1 saturated heterocycles. The van der Waals surface area contributed by atoms with Gasteiger partial charge in [-0.2, -0.15) is 0 Å². The van der Waals surface area contributed by atoms with E-state index in [1.54, 1.807) is 0 Å². The van der Waals surface area contributed by atoms with Crippen molar-refractivity contribution in [3.05, 3.63) is 28.8 Å². The fourth-order valence-corrected chi connectivity index (χ4v) is 2.48. The maximum Gasteiger partial charge on any atom is 0.142 e. The molecule has 1 aromatic rings. The van der Waals surface area contributed by atoms with Crippen molar-refractivity contribution in [1.82, 2.24) is 4.90 Å². The van der Waals surface area contributed by atoms with Gasteiger partial charge in [0.05, 0.1) is 11.6 Å². The highest BCUT2D eigenvalue weighted by atomic mass is 35.5. The molecule has 1 aliphatic rings. The molecule has 2 N–H and O–H groups in total. The van der Waals surface area contributed by atoms with Crippen LogP contribution in [0.15, 0.2) is 18.2 Å². The smallest absolute Gasteiger partial charge is 0.142 e. The molecule has 1 fully saturated rings. The summed E-state index contributed by atoms with van der Waals surface area (Å²) < 4.78 is 5.62. The second-order valence-electron chi connectivity index (χ2n) is 4.44. The van der Waals surface area contributed by atoms with E-state index in [0.717, 1.165) is 37.4 Å². The van der Waals surface area contributed by atoms with E-state index >= 15 is 0 Å². The Balaban J connectivity index is 2.11. The molecule has 3 nitrogen and oxygen atoms in total. The van der Waals surface area contributed by atoms with Crippen molar-refractivity contribution in [1.29, 1.82) is 0 Å². The number of rotatable bonds is 4. The zero-order chi connectivity index (χ0) is 12.3. The van der Waals surface area contributed by atoms with Crippen LogP contribution in [0.4, 0.5) is 0 Å². The number of nitrogens with two attached hydrogens (primary N) is 1. The molecule has 0 spiro atoms. The standard InChI is InChI=1S/C13H19ClN2O/c1-2-17-13-10(4-3-5-12(13)14)8-16-7-6-11(15)9-16/h3-5,11H,2,6-9,15H2,1H3/t11-/m0/s1. The summed E-state index contributed by atoms with van der Waals surface area (Å²) in [6.07, 6.45) is 1.07. The molecule has 17 heavy (non-hydrogen) atoms. The summed E-state index contributed by atoms with van der Waals surface area (Å²) in [6, 6.07) is 6.22. The molecule has 4 heteroatoms. The van der Waals surface area contributed by atoms with Crippen LogP contribution >= 0.6 is 11.6 Å². The first-order valence-corrected chi connectivity index (χ1v) is 6.46. The summed E-state index contributed by atoms with van der Waals surface area (Å²) in [5, 5.41) is 0.688. The summed E-state index contributed by atoms with van der Waals surface area (Å²) in [5.41, 5.74) is 7.05. The maximum atomic E-state index is 6.15. The number of likely N-dealkylation sites (tertiary alicyclic amines) is 1. The predicted molar refractivity (Wildman–Crippen MR) is 70.5 cm³/mol. The van der Waals surface area contributed by atoms with Gasteiger partial charge in [-0.25, -0.2) is 0 Å². The number of hydrogen-bond donors (Lipinski definition) is 1. The highest BCUT2D eigenvalue weighted by molar-refractivity contribution is 6.32. The van der Waals surface area contributed by atoms with Crippen molar-refractivity contribution in [3.63, 3.8) is 0 Å². The van der Waals surface area contributed by atoms with Gasteiger partial charge in [0.15, 0.2) is 0 Å². The van der Waals surface area contributed by atoms with Gasteiger partial charge in [0, 0.05) is 31.2 Å². The third-order valence-electron chi connectivity index (χ3n) is 3.04. The summed E-state index contributed by atoms with van der Waals surface area (Å²) in [5.74, 6) is 0.817. The molecule has 0 radical (unpaired) electrons. The average Bonchev–Trinajstić information content (AvgIpc) is 2.69. The van der Waals surface area contributed by atoms with Crippen LogP contribution in [-0.2, 0) is 6.54 Å². The second kappa shape index (κ2) is 5.71. The molecule has 0 aromatic heterocycles. The van der Waals surface area contributed by atoms with Crippen LogP contribution in [-0.4, -0.2) is 30.6 Å². The third kappa shape index (κ3) is 3.12. The van der Waals surface area contributed by atoms with Gasteiger partial charge in [-0.1, -0.05) is 23.7 Å². The molecule has 0 amide bonds. The van der Waals surface area contributed by atoms with Crippen molar-refractivity contribution in [3.8, 4) is 5.75 Å². The summed E-state index contributed by atoms with van der Waals surface area (Å²) in [4.78, 5) is 2.35. The Morgan fingerprint density at radius 3 is 3.00 bits per heavy atom. The number of nitrogens with zero attached hydrogens (tertiary/aromatic N) is 1. The van der Waals surface area contributed by atoms with Gasteiger partial charge in [-0.3, -0.25) is 4.90 Å². The molecule has 1 heterocycles. The Morgan fingerprint density at radius 2 is 2.35 bits per heavy atom. The summed E-state index contributed by atoms with van der Waals surface area (Å²) in [7, 11) is 0. The van der Waals surface area contributed by atoms with Crippen molar-refractivity contribution in [2.45, 2.75) is 25.9 Å². The molecule has 2 rings (SSSR count). The Hall–Kier alpha value is -0.770. The quantitative estimate of drug-likeness (QED) is 0.896. The molecule has 0 bridgehead atoms. The SMILES string of the molecule is CCOc1c(Cl)cccc1CN1CC[C@H](N)C1. The molecule has 94 valence electrons. The van der Waals surface area contributed by atoms with Crippen LogP contribution in [0.2, 0.25) is 5.02 Å². The Morgan fingerprint density at radius 1 is 1.53 bits per heavy atom. The molecule has 1 aromatic carbocycles. The van der Waals surface area contributed by atoms with E-state index in [1.807, 2.05) is 19.1 Å². The van der Waals surface area contributed by atoms with Crippen LogP contribution < -0.4 is 10.5 Å². The fourth-order valence-electron chi connectivity index (χ4n) is 2.23. The number of hydrogen-bond acceptors (Lipinski definition) is 3. The van der Waals surface area contributed by atoms with Gasteiger partial charge >= 0.3 is 0 Å². The van der Waals surface area contributed by atoms with E-state index in [9.17, 15) is 0 Å². The van der Waals surface area contributed by atoms with Gasteiger partial charge in [0.1, 0.15) is 5.75 Å². The normalized spacial score (nSPS) is 20.8. The lowest BCUT2D eigenvalue weighted by atomic mass is 10.2. The minimum absolute atomic E-state index is 0.310. The second-order valence-corrected chi connectivity index (χ2v) is 4.85. The zero-order valence-corrected chi connectivity index (χ0v) is 10.9. The van der Waals surface area contributed by atoms with Crippen LogP contribution in [0.3, 0.4) is 0 Å². The minimum Gasteiger partial charge on any atom is -0.492 e. The van der Waals surface area contributed by atoms with Gasteiger partial charge < -0.3 is 10.5 Å². The number of halogens is 1. The average molecular weight is 255 g/mol. The lowest BCUT2D eigenvalue weighted by molar-refractivity contribution is 0.302. The van der Waals surface area contributed by atoms with Crippen molar-refractivity contribution >= 4 is 11.6 Å². The number of benzene rings is 1. The molecule has 0 saturated carbocycles. The van der Waals surface area contributed by atoms with Crippen molar-refractivity contribution in [2.75, 3.05) is 19.7 Å². The van der Waals surface area contributed by atoms with Crippen LogP contribution in [0.1, 0.15) is 18.9 Å². The molecule has 0 unspecified atom stereocenters. The predicted octanol–water partition coefficient (Wildman–Crippen LogP) is 2.27. The molecular weight excluding hydrogens is 236 g/mol. The van der Waals surface area contributed by atoms with Gasteiger partial charge in [-0.05, 0) is 19.4 Å². The first-order chi connectivity index (χ1) is 8.20. The molecule has 1 aliphatic heterocycles. The largest absolute Gasteiger partial charge is 0.492 e. The lowest BCUT2D eigenvalue weighted by Gasteiger charge is -2.18. The summed E-state index contributed by atoms with van der Waals surface area (Å²) in [6.45, 7) is 5.48.